The summed E-state index contributed by atoms with van der Waals surface area (Å²) in [5.74, 6) is 0.581. The molecule has 2 heteroatoms. The van der Waals surface area contributed by atoms with Crippen molar-refractivity contribution in [2.24, 2.45) is 5.92 Å². The maximum Gasteiger partial charge on any atom is 0.0796 e. The molecule has 0 aromatic carbocycles. The lowest BCUT2D eigenvalue weighted by molar-refractivity contribution is 0.144. The van der Waals surface area contributed by atoms with E-state index in [0.717, 1.165) is 17.5 Å². The molecule has 2 nitrogen and oxygen atoms in total. The van der Waals surface area contributed by atoms with E-state index in [4.69, 9.17) is 0 Å². The van der Waals surface area contributed by atoms with Crippen LogP contribution in [0.4, 0.5) is 0 Å². The van der Waals surface area contributed by atoms with E-state index in [2.05, 4.69) is 18.8 Å². The quantitative estimate of drug-likeness (QED) is 0.804. The summed E-state index contributed by atoms with van der Waals surface area (Å²) in [6.07, 6.45) is 6.43. The highest BCUT2D eigenvalue weighted by Crippen LogP contribution is 2.25. The molecule has 1 N–H and O–H groups in total. The van der Waals surface area contributed by atoms with Gasteiger partial charge in [-0.05, 0) is 36.5 Å². The zero-order valence-corrected chi connectivity index (χ0v) is 9.90. The predicted molar refractivity (Wildman–Crippen MR) is 62.6 cm³/mol. The Morgan fingerprint density at radius 2 is 2.20 bits per heavy atom. The van der Waals surface area contributed by atoms with Gasteiger partial charge in [0.2, 0.25) is 0 Å². The van der Waals surface area contributed by atoms with Crippen LogP contribution in [0.1, 0.15) is 50.3 Å². The molecule has 0 aliphatic rings. The van der Waals surface area contributed by atoms with E-state index in [1.54, 1.807) is 6.20 Å². The molecule has 84 valence electrons. The van der Waals surface area contributed by atoms with Crippen molar-refractivity contribution in [1.29, 1.82) is 0 Å². The van der Waals surface area contributed by atoms with Crippen LogP contribution in [0.25, 0.3) is 0 Å². The van der Waals surface area contributed by atoms with E-state index >= 15 is 0 Å². The molecular formula is C13H21NO. The molecule has 0 radical (unpaired) electrons. The minimum Gasteiger partial charge on any atom is -0.388 e. The van der Waals surface area contributed by atoms with Gasteiger partial charge in [-0.15, -0.1) is 0 Å². The molecule has 1 aromatic rings. The number of aromatic nitrogens is 1. The van der Waals surface area contributed by atoms with Crippen molar-refractivity contribution in [3.63, 3.8) is 0 Å². The van der Waals surface area contributed by atoms with Crippen molar-refractivity contribution in [3.05, 3.63) is 29.6 Å². The fourth-order valence-corrected chi connectivity index (χ4v) is 1.98. The lowest BCUT2D eigenvalue weighted by Gasteiger charge is -2.17. The molecule has 1 rings (SSSR count). The number of aliphatic hydroxyl groups excluding tert-OH is 1. The van der Waals surface area contributed by atoms with Gasteiger partial charge in [0.15, 0.2) is 0 Å². The van der Waals surface area contributed by atoms with Gasteiger partial charge in [0.05, 0.1) is 6.10 Å². The second-order valence-corrected chi connectivity index (χ2v) is 4.38. The lowest BCUT2D eigenvalue weighted by Crippen LogP contribution is -2.06. The highest BCUT2D eigenvalue weighted by Gasteiger charge is 2.13. The van der Waals surface area contributed by atoms with E-state index in [0.29, 0.717) is 5.92 Å². The van der Waals surface area contributed by atoms with Gasteiger partial charge >= 0.3 is 0 Å². The first-order chi connectivity index (χ1) is 7.15. The Kier molecular flexibility index (Phi) is 4.76. The number of hydrogen-bond acceptors (Lipinski definition) is 2. The van der Waals surface area contributed by atoms with Gasteiger partial charge in [-0.2, -0.15) is 0 Å². The number of aryl methyl sites for hydroxylation is 1. The van der Waals surface area contributed by atoms with Gasteiger partial charge in [0, 0.05) is 12.4 Å². The summed E-state index contributed by atoms with van der Waals surface area (Å²) in [4.78, 5) is 4.03. The molecular weight excluding hydrogens is 186 g/mol. The molecule has 2 atom stereocenters. The molecule has 0 aliphatic heterocycles. The van der Waals surface area contributed by atoms with Crippen LogP contribution in [-0.4, -0.2) is 10.1 Å². The second-order valence-electron chi connectivity index (χ2n) is 4.38. The fourth-order valence-electron chi connectivity index (χ4n) is 1.98. The maximum absolute atomic E-state index is 10.1. The Morgan fingerprint density at radius 3 is 2.80 bits per heavy atom. The second kappa shape index (κ2) is 5.86. The Bertz CT molecular complexity index is 298. The summed E-state index contributed by atoms with van der Waals surface area (Å²) in [7, 11) is 0. The fraction of sp³-hybridized carbons (Fsp3) is 0.615. The number of pyridine rings is 1. The Labute approximate surface area is 92.4 Å². The van der Waals surface area contributed by atoms with Crippen LogP contribution >= 0.6 is 0 Å². The standard InChI is InChI=1S/C13H21NO/c1-4-5-10(2)8-13(15)12-6-7-14-9-11(12)3/h6-7,9-10,13,15H,4-5,8H2,1-3H3. The summed E-state index contributed by atoms with van der Waals surface area (Å²) >= 11 is 0. The molecule has 0 fully saturated rings. The number of rotatable bonds is 5. The summed E-state index contributed by atoms with van der Waals surface area (Å²) in [5.41, 5.74) is 2.10. The highest BCUT2D eigenvalue weighted by molar-refractivity contribution is 5.23. The molecule has 1 aromatic heterocycles. The van der Waals surface area contributed by atoms with Crippen LogP contribution in [0, 0.1) is 12.8 Å². The van der Waals surface area contributed by atoms with Crippen LogP contribution in [0.2, 0.25) is 0 Å². The van der Waals surface area contributed by atoms with Crippen LogP contribution in [0.3, 0.4) is 0 Å². The molecule has 0 spiro atoms. The SMILES string of the molecule is CCCC(C)CC(O)c1ccncc1C. The topological polar surface area (TPSA) is 33.1 Å². The van der Waals surface area contributed by atoms with E-state index in [1.165, 1.54) is 12.8 Å². The molecule has 0 aliphatic carbocycles. The van der Waals surface area contributed by atoms with Crippen molar-refractivity contribution >= 4 is 0 Å². The van der Waals surface area contributed by atoms with Crippen molar-refractivity contribution in [2.45, 2.75) is 46.1 Å². The normalized spacial score (nSPS) is 14.9. The third-order valence-electron chi connectivity index (χ3n) is 2.83. The summed E-state index contributed by atoms with van der Waals surface area (Å²) in [6, 6.07) is 1.92. The van der Waals surface area contributed by atoms with Crippen LogP contribution in [-0.2, 0) is 0 Å². The van der Waals surface area contributed by atoms with E-state index < -0.39 is 0 Å². The molecule has 0 saturated carbocycles. The average molecular weight is 207 g/mol. The number of nitrogens with zero attached hydrogens (tertiary/aromatic N) is 1. The molecule has 15 heavy (non-hydrogen) atoms. The Morgan fingerprint density at radius 1 is 1.47 bits per heavy atom. The van der Waals surface area contributed by atoms with Crippen LogP contribution < -0.4 is 0 Å². The van der Waals surface area contributed by atoms with E-state index in [1.807, 2.05) is 19.2 Å². The highest BCUT2D eigenvalue weighted by atomic mass is 16.3. The summed E-state index contributed by atoms with van der Waals surface area (Å²) < 4.78 is 0. The Hall–Kier alpha value is -0.890. The predicted octanol–water partition coefficient (Wildman–Crippen LogP) is 3.25. The third kappa shape index (κ3) is 3.63. The van der Waals surface area contributed by atoms with Gasteiger partial charge in [-0.3, -0.25) is 4.98 Å². The average Bonchev–Trinajstić information content (AvgIpc) is 2.18. The van der Waals surface area contributed by atoms with Gasteiger partial charge in [-0.25, -0.2) is 0 Å². The number of aliphatic hydroxyl groups is 1. The first-order valence-electron chi connectivity index (χ1n) is 5.73. The lowest BCUT2D eigenvalue weighted by atomic mass is 9.94. The van der Waals surface area contributed by atoms with Crippen molar-refractivity contribution in [3.8, 4) is 0 Å². The molecule has 0 bridgehead atoms. The molecule has 0 amide bonds. The minimum atomic E-state index is -0.338. The summed E-state index contributed by atoms with van der Waals surface area (Å²) in [6.45, 7) is 6.37. The Balaban J connectivity index is 2.61. The van der Waals surface area contributed by atoms with Gasteiger partial charge in [0.25, 0.3) is 0 Å². The van der Waals surface area contributed by atoms with Gasteiger partial charge < -0.3 is 5.11 Å². The van der Waals surface area contributed by atoms with Crippen molar-refractivity contribution < 1.29 is 5.11 Å². The van der Waals surface area contributed by atoms with Crippen LogP contribution in [0.5, 0.6) is 0 Å². The van der Waals surface area contributed by atoms with Gasteiger partial charge in [-0.1, -0.05) is 26.7 Å². The third-order valence-corrected chi connectivity index (χ3v) is 2.83. The monoisotopic (exact) mass is 207 g/mol. The largest absolute Gasteiger partial charge is 0.388 e. The first kappa shape index (κ1) is 12.2. The zero-order chi connectivity index (χ0) is 11.3. The zero-order valence-electron chi connectivity index (χ0n) is 9.90. The van der Waals surface area contributed by atoms with E-state index in [-0.39, 0.29) is 6.10 Å². The molecule has 0 saturated heterocycles. The minimum absolute atomic E-state index is 0.338. The molecule has 1 heterocycles. The molecule has 2 unspecified atom stereocenters. The van der Waals surface area contributed by atoms with Crippen molar-refractivity contribution in [2.75, 3.05) is 0 Å². The maximum atomic E-state index is 10.1. The number of hydrogen-bond donors (Lipinski definition) is 1. The van der Waals surface area contributed by atoms with E-state index in [9.17, 15) is 5.11 Å². The van der Waals surface area contributed by atoms with Crippen LogP contribution in [0.15, 0.2) is 18.5 Å². The first-order valence-corrected chi connectivity index (χ1v) is 5.73. The van der Waals surface area contributed by atoms with Gasteiger partial charge in [0.1, 0.15) is 0 Å². The summed E-state index contributed by atoms with van der Waals surface area (Å²) in [5, 5.41) is 10.1. The van der Waals surface area contributed by atoms with Crippen molar-refractivity contribution in [1.82, 2.24) is 4.98 Å². The smallest absolute Gasteiger partial charge is 0.0796 e.